The number of pyridine rings is 1. The smallest absolute Gasteiger partial charge is 0.122 e. The lowest BCUT2D eigenvalue weighted by atomic mass is 10.2. The van der Waals surface area contributed by atoms with Crippen molar-refractivity contribution in [1.29, 1.82) is 0 Å². The predicted molar refractivity (Wildman–Crippen MR) is 84.8 cm³/mol. The molecule has 0 fully saturated rings. The SMILES string of the molecule is Cc1cccc(CN(C)Cc2ccoc2CNC(C)C)n1. The summed E-state index contributed by atoms with van der Waals surface area (Å²) in [4.78, 5) is 6.80. The summed E-state index contributed by atoms with van der Waals surface area (Å²) in [6.07, 6.45) is 1.77. The highest BCUT2D eigenvalue weighted by atomic mass is 16.3. The van der Waals surface area contributed by atoms with Crippen LogP contribution in [0.5, 0.6) is 0 Å². The van der Waals surface area contributed by atoms with E-state index in [1.807, 2.05) is 13.0 Å². The number of aromatic nitrogens is 1. The molecule has 0 aliphatic heterocycles. The average molecular weight is 287 g/mol. The highest BCUT2D eigenvalue weighted by molar-refractivity contribution is 5.17. The lowest BCUT2D eigenvalue weighted by Gasteiger charge is -2.16. The molecule has 1 N–H and O–H groups in total. The first kappa shape index (κ1) is 15.7. The zero-order valence-electron chi connectivity index (χ0n) is 13.4. The average Bonchev–Trinajstić information content (AvgIpc) is 2.83. The molecule has 0 atom stereocenters. The molecule has 0 amide bonds. The van der Waals surface area contributed by atoms with Crippen molar-refractivity contribution in [3.63, 3.8) is 0 Å². The van der Waals surface area contributed by atoms with Crippen molar-refractivity contribution in [2.24, 2.45) is 0 Å². The van der Waals surface area contributed by atoms with Gasteiger partial charge in [-0.05, 0) is 32.2 Å². The fourth-order valence-corrected chi connectivity index (χ4v) is 2.27. The van der Waals surface area contributed by atoms with Crippen LogP contribution in [0.25, 0.3) is 0 Å². The van der Waals surface area contributed by atoms with E-state index in [1.165, 1.54) is 5.56 Å². The Bertz CT molecular complexity index is 563. The van der Waals surface area contributed by atoms with Gasteiger partial charge in [0.05, 0.1) is 18.5 Å². The Hall–Kier alpha value is -1.65. The van der Waals surface area contributed by atoms with Crippen LogP contribution in [-0.2, 0) is 19.6 Å². The van der Waals surface area contributed by atoms with Crippen LogP contribution in [0, 0.1) is 6.92 Å². The standard InChI is InChI=1S/C17H25N3O/c1-13(2)18-10-17-15(8-9-21-17)11-20(4)12-16-7-5-6-14(3)19-16/h5-9,13,18H,10-12H2,1-4H3. The molecule has 0 aromatic carbocycles. The number of rotatable bonds is 7. The van der Waals surface area contributed by atoms with Gasteiger partial charge in [0.2, 0.25) is 0 Å². The van der Waals surface area contributed by atoms with Gasteiger partial charge in [0.15, 0.2) is 0 Å². The number of aryl methyl sites for hydroxylation is 1. The van der Waals surface area contributed by atoms with Gasteiger partial charge in [0.25, 0.3) is 0 Å². The van der Waals surface area contributed by atoms with E-state index in [-0.39, 0.29) is 0 Å². The molecule has 21 heavy (non-hydrogen) atoms. The van der Waals surface area contributed by atoms with E-state index in [9.17, 15) is 0 Å². The van der Waals surface area contributed by atoms with Gasteiger partial charge in [0, 0.05) is 30.4 Å². The topological polar surface area (TPSA) is 41.3 Å². The van der Waals surface area contributed by atoms with E-state index >= 15 is 0 Å². The van der Waals surface area contributed by atoms with Crippen molar-refractivity contribution in [3.05, 3.63) is 53.2 Å². The summed E-state index contributed by atoms with van der Waals surface area (Å²) in [7, 11) is 2.11. The van der Waals surface area contributed by atoms with Gasteiger partial charge < -0.3 is 9.73 Å². The maximum Gasteiger partial charge on any atom is 0.122 e. The molecule has 0 aliphatic carbocycles. The number of hydrogen-bond donors (Lipinski definition) is 1. The minimum absolute atomic E-state index is 0.456. The highest BCUT2D eigenvalue weighted by Gasteiger charge is 2.10. The molecule has 0 bridgehead atoms. The molecule has 0 unspecified atom stereocenters. The molecule has 0 aliphatic rings. The second kappa shape index (κ2) is 7.38. The van der Waals surface area contributed by atoms with Gasteiger partial charge >= 0.3 is 0 Å². The molecular weight excluding hydrogens is 262 g/mol. The zero-order valence-corrected chi connectivity index (χ0v) is 13.4. The first-order chi connectivity index (χ1) is 10.0. The lowest BCUT2D eigenvalue weighted by Crippen LogP contribution is -2.23. The van der Waals surface area contributed by atoms with Gasteiger partial charge in [-0.1, -0.05) is 19.9 Å². The largest absolute Gasteiger partial charge is 0.468 e. The van der Waals surface area contributed by atoms with Gasteiger partial charge in [-0.15, -0.1) is 0 Å². The van der Waals surface area contributed by atoms with Crippen molar-refractivity contribution in [3.8, 4) is 0 Å². The van der Waals surface area contributed by atoms with E-state index in [2.05, 4.69) is 54.3 Å². The van der Waals surface area contributed by atoms with Crippen LogP contribution in [0.3, 0.4) is 0 Å². The third-order valence-corrected chi connectivity index (χ3v) is 3.33. The number of furan rings is 1. The molecule has 2 aromatic rings. The second-order valence-electron chi connectivity index (χ2n) is 5.85. The van der Waals surface area contributed by atoms with Gasteiger partial charge in [-0.2, -0.15) is 0 Å². The number of nitrogens with one attached hydrogen (secondary N) is 1. The summed E-state index contributed by atoms with van der Waals surface area (Å²) >= 11 is 0. The summed E-state index contributed by atoms with van der Waals surface area (Å²) in [5.41, 5.74) is 3.40. The van der Waals surface area contributed by atoms with Gasteiger partial charge in [0.1, 0.15) is 5.76 Å². The van der Waals surface area contributed by atoms with Crippen LogP contribution in [0.4, 0.5) is 0 Å². The van der Waals surface area contributed by atoms with Crippen molar-refractivity contribution < 1.29 is 4.42 Å². The second-order valence-corrected chi connectivity index (χ2v) is 5.85. The summed E-state index contributed by atoms with van der Waals surface area (Å²) in [6.45, 7) is 8.77. The van der Waals surface area contributed by atoms with E-state index in [4.69, 9.17) is 4.42 Å². The minimum atomic E-state index is 0.456. The van der Waals surface area contributed by atoms with Crippen molar-refractivity contribution in [2.75, 3.05) is 7.05 Å². The Kier molecular flexibility index (Phi) is 5.53. The van der Waals surface area contributed by atoms with Crippen LogP contribution in [0.15, 0.2) is 34.9 Å². The number of nitrogens with zero attached hydrogens (tertiary/aromatic N) is 2. The molecule has 0 spiro atoms. The van der Waals surface area contributed by atoms with Gasteiger partial charge in [-0.3, -0.25) is 9.88 Å². The van der Waals surface area contributed by atoms with Crippen LogP contribution in [0.1, 0.15) is 36.6 Å². The number of hydrogen-bond acceptors (Lipinski definition) is 4. The van der Waals surface area contributed by atoms with Crippen LogP contribution in [0.2, 0.25) is 0 Å². The quantitative estimate of drug-likeness (QED) is 0.849. The minimum Gasteiger partial charge on any atom is -0.468 e. The normalized spacial score (nSPS) is 11.5. The zero-order chi connectivity index (χ0) is 15.2. The predicted octanol–water partition coefficient (Wildman–Crippen LogP) is 3.11. The Balaban J connectivity index is 1.93. The van der Waals surface area contributed by atoms with Gasteiger partial charge in [-0.25, -0.2) is 0 Å². The summed E-state index contributed by atoms with van der Waals surface area (Å²) in [6, 6.07) is 8.66. The first-order valence-electron chi connectivity index (χ1n) is 7.44. The fourth-order valence-electron chi connectivity index (χ4n) is 2.27. The Morgan fingerprint density at radius 3 is 2.76 bits per heavy atom. The molecule has 0 saturated heterocycles. The van der Waals surface area contributed by atoms with Crippen molar-refractivity contribution in [1.82, 2.24) is 15.2 Å². The Morgan fingerprint density at radius 2 is 2.05 bits per heavy atom. The molecule has 4 nitrogen and oxygen atoms in total. The van der Waals surface area contributed by atoms with E-state index < -0.39 is 0 Å². The third kappa shape index (κ3) is 4.99. The molecule has 0 saturated carbocycles. The summed E-state index contributed by atoms with van der Waals surface area (Å²) < 4.78 is 5.58. The highest BCUT2D eigenvalue weighted by Crippen LogP contribution is 2.14. The third-order valence-electron chi connectivity index (χ3n) is 3.33. The lowest BCUT2D eigenvalue weighted by molar-refractivity contribution is 0.310. The van der Waals surface area contributed by atoms with E-state index in [0.29, 0.717) is 6.04 Å². The van der Waals surface area contributed by atoms with Crippen molar-refractivity contribution >= 4 is 0 Å². The van der Waals surface area contributed by atoms with E-state index in [1.54, 1.807) is 6.26 Å². The maximum atomic E-state index is 5.58. The summed E-state index contributed by atoms with van der Waals surface area (Å²) in [5.74, 6) is 1.02. The molecule has 4 heteroatoms. The Labute approximate surface area is 127 Å². The molecule has 0 radical (unpaired) electrons. The van der Waals surface area contributed by atoms with Crippen LogP contribution < -0.4 is 5.32 Å². The molecule has 2 aromatic heterocycles. The van der Waals surface area contributed by atoms with Crippen molar-refractivity contribution in [2.45, 2.75) is 46.4 Å². The first-order valence-corrected chi connectivity index (χ1v) is 7.44. The van der Waals surface area contributed by atoms with Crippen LogP contribution in [-0.4, -0.2) is 23.0 Å². The monoisotopic (exact) mass is 287 g/mol. The van der Waals surface area contributed by atoms with E-state index in [0.717, 1.165) is 36.8 Å². The summed E-state index contributed by atoms with van der Waals surface area (Å²) in [5, 5.41) is 3.39. The molecule has 114 valence electrons. The Morgan fingerprint density at radius 1 is 1.24 bits per heavy atom. The maximum absolute atomic E-state index is 5.58. The fraction of sp³-hybridized carbons (Fsp3) is 0.471. The molecule has 2 heterocycles. The van der Waals surface area contributed by atoms with Crippen LogP contribution >= 0.6 is 0 Å². The molecular formula is C17H25N3O. The molecule has 2 rings (SSSR count).